The van der Waals surface area contributed by atoms with Gasteiger partial charge in [0.15, 0.2) is 0 Å². The molecule has 2 nitrogen and oxygen atoms in total. The maximum absolute atomic E-state index is 5.45. The third kappa shape index (κ3) is 2.46. The van der Waals surface area contributed by atoms with Crippen molar-refractivity contribution in [2.75, 3.05) is 19.8 Å². The minimum Gasteiger partial charge on any atom is -0.380 e. The lowest BCUT2D eigenvalue weighted by Crippen LogP contribution is -2.47. The molecule has 0 spiro atoms. The summed E-state index contributed by atoms with van der Waals surface area (Å²) in [6.45, 7) is 12.0. The Hall–Kier alpha value is -0.0800. The van der Waals surface area contributed by atoms with E-state index >= 15 is 0 Å². The van der Waals surface area contributed by atoms with E-state index in [0.717, 1.165) is 26.2 Å². The molecule has 2 heteroatoms. The predicted molar refractivity (Wildman–Crippen MR) is 51.4 cm³/mol. The molecular weight excluding hydrogens is 150 g/mol. The Kier molecular flexibility index (Phi) is 3.13. The monoisotopic (exact) mass is 171 g/mol. The molecule has 1 saturated heterocycles. The molecule has 1 atom stereocenters. The molecule has 0 aromatic rings. The number of hydrogen-bond acceptors (Lipinski definition) is 2. The third-order valence-corrected chi connectivity index (χ3v) is 2.55. The van der Waals surface area contributed by atoms with Gasteiger partial charge >= 0.3 is 0 Å². The fourth-order valence-electron chi connectivity index (χ4n) is 1.89. The number of nitrogens with zero attached hydrogens (tertiary/aromatic N) is 1. The lowest BCUT2D eigenvalue weighted by molar-refractivity contribution is 0.0859. The van der Waals surface area contributed by atoms with Gasteiger partial charge < -0.3 is 4.74 Å². The van der Waals surface area contributed by atoms with Gasteiger partial charge in [-0.3, -0.25) is 4.90 Å². The van der Waals surface area contributed by atoms with E-state index in [0.29, 0.717) is 6.04 Å². The van der Waals surface area contributed by atoms with Crippen molar-refractivity contribution in [2.24, 2.45) is 0 Å². The molecule has 1 rings (SSSR count). The molecule has 0 aromatic carbocycles. The molecule has 1 aliphatic heterocycles. The van der Waals surface area contributed by atoms with Crippen molar-refractivity contribution in [3.05, 3.63) is 0 Å². The highest BCUT2D eigenvalue weighted by atomic mass is 16.5. The minimum absolute atomic E-state index is 0.285. The third-order valence-electron chi connectivity index (χ3n) is 2.55. The van der Waals surface area contributed by atoms with Crippen molar-refractivity contribution >= 4 is 0 Å². The summed E-state index contributed by atoms with van der Waals surface area (Å²) in [6, 6.07) is 0.660. The standard InChI is InChI=1S/C10H21NO/c1-9-5-7-12-8-6-11(9)10(2,3)4/h9H,5-8H2,1-4H3/t9-/m1/s1. The van der Waals surface area contributed by atoms with Crippen LogP contribution in [0.1, 0.15) is 34.1 Å². The van der Waals surface area contributed by atoms with Crippen LogP contribution in [0, 0.1) is 0 Å². The minimum atomic E-state index is 0.285. The Balaban J connectivity index is 2.59. The quantitative estimate of drug-likeness (QED) is 0.552. The Morgan fingerprint density at radius 1 is 1.25 bits per heavy atom. The van der Waals surface area contributed by atoms with Gasteiger partial charge in [-0.2, -0.15) is 0 Å². The van der Waals surface area contributed by atoms with Crippen LogP contribution in [0.25, 0.3) is 0 Å². The first-order chi connectivity index (χ1) is 5.52. The lowest BCUT2D eigenvalue weighted by atomic mass is 10.0. The van der Waals surface area contributed by atoms with Gasteiger partial charge in [-0.05, 0) is 34.1 Å². The van der Waals surface area contributed by atoms with Gasteiger partial charge in [0.1, 0.15) is 0 Å². The van der Waals surface area contributed by atoms with E-state index in [1.165, 1.54) is 0 Å². The van der Waals surface area contributed by atoms with Crippen LogP contribution in [-0.4, -0.2) is 36.2 Å². The molecule has 0 N–H and O–H groups in total. The Morgan fingerprint density at radius 2 is 1.92 bits per heavy atom. The first-order valence-corrected chi connectivity index (χ1v) is 4.86. The summed E-state index contributed by atoms with van der Waals surface area (Å²) in [5.74, 6) is 0. The SMILES string of the molecule is C[C@@H]1CCOCCN1C(C)(C)C. The molecule has 0 aromatic heterocycles. The van der Waals surface area contributed by atoms with E-state index in [4.69, 9.17) is 4.74 Å². The van der Waals surface area contributed by atoms with Crippen molar-refractivity contribution in [3.8, 4) is 0 Å². The molecule has 0 amide bonds. The smallest absolute Gasteiger partial charge is 0.0593 e. The number of rotatable bonds is 0. The molecule has 0 bridgehead atoms. The van der Waals surface area contributed by atoms with E-state index in [2.05, 4.69) is 32.6 Å². The summed E-state index contributed by atoms with van der Waals surface area (Å²) < 4.78 is 5.45. The zero-order chi connectivity index (χ0) is 9.19. The van der Waals surface area contributed by atoms with Gasteiger partial charge in [-0.25, -0.2) is 0 Å². The second kappa shape index (κ2) is 3.75. The molecule has 0 radical (unpaired) electrons. The molecular formula is C10H21NO. The van der Waals surface area contributed by atoms with Gasteiger partial charge in [0.25, 0.3) is 0 Å². The zero-order valence-electron chi connectivity index (χ0n) is 8.76. The van der Waals surface area contributed by atoms with Gasteiger partial charge in [0.05, 0.1) is 6.61 Å². The van der Waals surface area contributed by atoms with E-state index in [1.54, 1.807) is 0 Å². The normalized spacial score (nSPS) is 28.5. The molecule has 1 heterocycles. The van der Waals surface area contributed by atoms with Crippen molar-refractivity contribution in [2.45, 2.75) is 45.7 Å². The second-order valence-electron chi connectivity index (χ2n) is 4.61. The second-order valence-corrected chi connectivity index (χ2v) is 4.61. The molecule has 12 heavy (non-hydrogen) atoms. The lowest BCUT2D eigenvalue weighted by Gasteiger charge is -2.38. The van der Waals surface area contributed by atoms with Crippen LogP contribution in [-0.2, 0) is 4.74 Å². The molecule has 1 aliphatic rings. The van der Waals surface area contributed by atoms with E-state index in [1.807, 2.05) is 0 Å². The van der Waals surface area contributed by atoms with Crippen LogP contribution in [0.15, 0.2) is 0 Å². The summed E-state index contributed by atoms with van der Waals surface area (Å²) in [7, 11) is 0. The van der Waals surface area contributed by atoms with Crippen LogP contribution in [0.3, 0.4) is 0 Å². The Labute approximate surface area is 75.9 Å². The average Bonchev–Trinajstić information content (AvgIpc) is 2.11. The summed E-state index contributed by atoms with van der Waals surface area (Å²) in [6.07, 6.45) is 1.16. The van der Waals surface area contributed by atoms with Crippen LogP contribution in [0.2, 0.25) is 0 Å². The summed E-state index contributed by atoms with van der Waals surface area (Å²) in [5, 5.41) is 0. The number of hydrogen-bond donors (Lipinski definition) is 0. The van der Waals surface area contributed by atoms with Crippen LogP contribution in [0.5, 0.6) is 0 Å². The van der Waals surface area contributed by atoms with Gasteiger partial charge in [0.2, 0.25) is 0 Å². The van der Waals surface area contributed by atoms with Crippen molar-refractivity contribution in [3.63, 3.8) is 0 Å². The molecule has 72 valence electrons. The number of ether oxygens (including phenoxy) is 1. The Bertz CT molecular complexity index is 139. The van der Waals surface area contributed by atoms with Crippen LogP contribution < -0.4 is 0 Å². The van der Waals surface area contributed by atoms with Crippen LogP contribution >= 0.6 is 0 Å². The predicted octanol–water partition coefficient (Wildman–Crippen LogP) is 1.90. The Morgan fingerprint density at radius 3 is 2.50 bits per heavy atom. The van der Waals surface area contributed by atoms with E-state index in [9.17, 15) is 0 Å². The van der Waals surface area contributed by atoms with Gasteiger partial charge in [0, 0.05) is 24.7 Å². The van der Waals surface area contributed by atoms with Crippen molar-refractivity contribution < 1.29 is 4.74 Å². The zero-order valence-corrected chi connectivity index (χ0v) is 8.76. The average molecular weight is 171 g/mol. The largest absolute Gasteiger partial charge is 0.380 e. The topological polar surface area (TPSA) is 12.5 Å². The molecule has 0 saturated carbocycles. The first-order valence-electron chi connectivity index (χ1n) is 4.86. The van der Waals surface area contributed by atoms with Gasteiger partial charge in [-0.1, -0.05) is 0 Å². The summed E-state index contributed by atoms with van der Waals surface area (Å²) >= 11 is 0. The van der Waals surface area contributed by atoms with Gasteiger partial charge in [-0.15, -0.1) is 0 Å². The van der Waals surface area contributed by atoms with Crippen molar-refractivity contribution in [1.82, 2.24) is 4.90 Å². The fraction of sp³-hybridized carbons (Fsp3) is 1.00. The first kappa shape index (κ1) is 10.0. The molecule has 1 fully saturated rings. The highest BCUT2D eigenvalue weighted by molar-refractivity contribution is 4.81. The van der Waals surface area contributed by atoms with E-state index in [-0.39, 0.29) is 5.54 Å². The maximum Gasteiger partial charge on any atom is 0.0593 e. The summed E-state index contributed by atoms with van der Waals surface area (Å²) in [4.78, 5) is 2.53. The molecule has 0 aliphatic carbocycles. The summed E-state index contributed by atoms with van der Waals surface area (Å²) in [5.41, 5.74) is 0.285. The maximum atomic E-state index is 5.45. The van der Waals surface area contributed by atoms with Crippen molar-refractivity contribution in [1.29, 1.82) is 0 Å². The fourth-order valence-corrected chi connectivity index (χ4v) is 1.89. The molecule has 0 unspecified atom stereocenters. The van der Waals surface area contributed by atoms with Crippen LogP contribution in [0.4, 0.5) is 0 Å². The highest BCUT2D eigenvalue weighted by Crippen LogP contribution is 2.20. The highest BCUT2D eigenvalue weighted by Gasteiger charge is 2.27. The van der Waals surface area contributed by atoms with E-state index < -0.39 is 0 Å².